The van der Waals surface area contributed by atoms with E-state index in [9.17, 15) is 9.59 Å². The van der Waals surface area contributed by atoms with Gasteiger partial charge in [-0.2, -0.15) is 0 Å². The van der Waals surface area contributed by atoms with Crippen molar-refractivity contribution in [2.24, 2.45) is 11.7 Å². The maximum atomic E-state index is 12.3. The summed E-state index contributed by atoms with van der Waals surface area (Å²) in [6, 6.07) is 23.5. The number of carbonyl (C=O) groups is 2. The number of amides is 2. The SMILES string of the molecule is NC(=O)C1CCN(Cc2ccc(C=CC(=O)Nc3ccc(-c4ccc(Cl)cc4)cc3)cc2)CC1. The summed E-state index contributed by atoms with van der Waals surface area (Å²) in [5, 5.41) is 3.60. The Balaban J connectivity index is 1.27. The zero-order valence-electron chi connectivity index (χ0n) is 18.9. The number of hydrogen-bond acceptors (Lipinski definition) is 3. The largest absolute Gasteiger partial charge is 0.369 e. The summed E-state index contributed by atoms with van der Waals surface area (Å²) in [7, 11) is 0. The molecule has 0 atom stereocenters. The molecule has 0 spiro atoms. The molecule has 174 valence electrons. The molecule has 34 heavy (non-hydrogen) atoms. The average Bonchev–Trinajstić information content (AvgIpc) is 2.85. The number of halogens is 1. The maximum absolute atomic E-state index is 12.3. The quantitative estimate of drug-likeness (QED) is 0.454. The molecule has 1 aliphatic heterocycles. The molecule has 0 aromatic heterocycles. The van der Waals surface area contributed by atoms with Crippen molar-refractivity contribution in [1.29, 1.82) is 0 Å². The van der Waals surface area contributed by atoms with Gasteiger partial charge in [-0.3, -0.25) is 14.5 Å². The Bertz CT molecular complexity index is 1150. The van der Waals surface area contributed by atoms with E-state index >= 15 is 0 Å². The minimum atomic E-state index is -0.185. The predicted octanol–water partition coefficient (Wildman–Crippen LogP) is 5.36. The van der Waals surface area contributed by atoms with Gasteiger partial charge in [0.1, 0.15) is 0 Å². The molecule has 3 aromatic carbocycles. The highest BCUT2D eigenvalue weighted by atomic mass is 35.5. The fourth-order valence-corrected chi connectivity index (χ4v) is 4.24. The van der Waals surface area contributed by atoms with Crippen LogP contribution in [0.25, 0.3) is 17.2 Å². The number of nitrogens with one attached hydrogen (secondary N) is 1. The molecule has 2 amide bonds. The molecule has 5 nitrogen and oxygen atoms in total. The molecule has 0 unspecified atom stereocenters. The molecule has 3 aromatic rings. The highest BCUT2D eigenvalue weighted by Crippen LogP contribution is 2.23. The van der Waals surface area contributed by atoms with Crippen molar-refractivity contribution < 1.29 is 9.59 Å². The molecule has 0 bridgehead atoms. The summed E-state index contributed by atoms with van der Waals surface area (Å²) >= 11 is 5.95. The first-order valence-electron chi connectivity index (χ1n) is 11.4. The molecule has 1 saturated heterocycles. The van der Waals surface area contributed by atoms with Crippen LogP contribution in [0.2, 0.25) is 5.02 Å². The number of nitrogens with two attached hydrogens (primary N) is 1. The van der Waals surface area contributed by atoms with Crippen LogP contribution in [0.5, 0.6) is 0 Å². The first-order chi connectivity index (χ1) is 16.5. The monoisotopic (exact) mass is 473 g/mol. The van der Waals surface area contributed by atoms with Gasteiger partial charge < -0.3 is 11.1 Å². The molecular weight excluding hydrogens is 446 g/mol. The van der Waals surface area contributed by atoms with Gasteiger partial charge in [-0.05, 0) is 78.5 Å². The van der Waals surface area contributed by atoms with Crippen molar-refractivity contribution in [3.8, 4) is 11.1 Å². The van der Waals surface area contributed by atoms with Crippen LogP contribution in [0.3, 0.4) is 0 Å². The third-order valence-electron chi connectivity index (χ3n) is 6.13. The topological polar surface area (TPSA) is 75.4 Å². The van der Waals surface area contributed by atoms with E-state index in [0.717, 1.165) is 54.9 Å². The second kappa shape index (κ2) is 11.1. The summed E-state index contributed by atoms with van der Waals surface area (Å²) in [4.78, 5) is 26.0. The highest BCUT2D eigenvalue weighted by Gasteiger charge is 2.22. The number of piperidine rings is 1. The van der Waals surface area contributed by atoms with Crippen LogP contribution < -0.4 is 11.1 Å². The van der Waals surface area contributed by atoms with Gasteiger partial charge in [0.05, 0.1) is 0 Å². The van der Waals surface area contributed by atoms with Crippen molar-refractivity contribution in [1.82, 2.24) is 4.90 Å². The van der Waals surface area contributed by atoms with E-state index in [1.54, 1.807) is 6.08 Å². The molecule has 0 saturated carbocycles. The van der Waals surface area contributed by atoms with Crippen molar-refractivity contribution >= 4 is 35.2 Å². The average molecular weight is 474 g/mol. The molecule has 3 N–H and O–H groups in total. The Morgan fingerprint density at radius 1 is 0.912 bits per heavy atom. The van der Waals surface area contributed by atoms with Gasteiger partial charge in [0.2, 0.25) is 11.8 Å². The van der Waals surface area contributed by atoms with E-state index in [0.29, 0.717) is 5.02 Å². The minimum absolute atomic E-state index is 0.0105. The molecule has 4 rings (SSSR count). The Morgan fingerprint density at radius 2 is 1.50 bits per heavy atom. The van der Waals surface area contributed by atoms with Crippen molar-refractivity contribution in [3.63, 3.8) is 0 Å². The lowest BCUT2D eigenvalue weighted by Crippen LogP contribution is -2.38. The predicted molar refractivity (Wildman–Crippen MR) is 138 cm³/mol. The summed E-state index contributed by atoms with van der Waals surface area (Å²) in [6.07, 6.45) is 5.00. The van der Waals surface area contributed by atoms with E-state index in [1.165, 1.54) is 11.6 Å². The van der Waals surface area contributed by atoms with Crippen molar-refractivity contribution in [3.05, 3.63) is 95.0 Å². The van der Waals surface area contributed by atoms with Gasteiger partial charge >= 0.3 is 0 Å². The summed E-state index contributed by atoms with van der Waals surface area (Å²) in [6.45, 7) is 2.62. The van der Waals surface area contributed by atoms with Crippen LogP contribution in [0.4, 0.5) is 5.69 Å². The fraction of sp³-hybridized carbons (Fsp3) is 0.214. The van der Waals surface area contributed by atoms with Crippen LogP contribution in [-0.4, -0.2) is 29.8 Å². The van der Waals surface area contributed by atoms with Gasteiger partial charge in [-0.25, -0.2) is 0 Å². The number of primary amides is 1. The first-order valence-corrected chi connectivity index (χ1v) is 11.8. The van der Waals surface area contributed by atoms with Gasteiger partial charge in [-0.1, -0.05) is 60.1 Å². The molecule has 6 heteroatoms. The summed E-state index contributed by atoms with van der Waals surface area (Å²) in [5.41, 5.74) is 10.4. The lowest BCUT2D eigenvalue weighted by Gasteiger charge is -2.30. The smallest absolute Gasteiger partial charge is 0.248 e. The van der Waals surface area contributed by atoms with E-state index in [-0.39, 0.29) is 17.7 Å². The molecule has 1 aliphatic rings. The Kier molecular flexibility index (Phi) is 7.78. The molecule has 1 fully saturated rings. The standard InChI is InChI=1S/C28H28ClN3O2/c29-25-10-6-22(7-11-25)23-8-12-26(13-9-23)31-27(33)14-5-20-1-3-21(4-2-20)19-32-17-15-24(16-18-32)28(30)34/h1-14,24H,15-19H2,(H2,30,34)(H,31,33). The van der Waals surface area contributed by atoms with E-state index in [4.69, 9.17) is 17.3 Å². The van der Waals surface area contributed by atoms with E-state index in [2.05, 4.69) is 22.3 Å². The number of benzene rings is 3. The molecule has 0 radical (unpaired) electrons. The van der Waals surface area contributed by atoms with Crippen LogP contribution >= 0.6 is 11.6 Å². The Hall–Kier alpha value is -3.41. The molecule has 0 aliphatic carbocycles. The van der Waals surface area contributed by atoms with Crippen LogP contribution in [0, 0.1) is 5.92 Å². The van der Waals surface area contributed by atoms with Crippen molar-refractivity contribution in [2.75, 3.05) is 18.4 Å². The van der Waals surface area contributed by atoms with Gasteiger partial charge in [0.15, 0.2) is 0 Å². The molecular formula is C28H28ClN3O2. The lowest BCUT2D eigenvalue weighted by atomic mass is 9.96. The Labute approximate surface area is 205 Å². The highest BCUT2D eigenvalue weighted by molar-refractivity contribution is 6.30. The van der Waals surface area contributed by atoms with Crippen LogP contribution in [0.15, 0.2) is 78.9 Å². The number of carbonyl (C=O) groups excluding carboxylic acids is 2. The fourth-order valence-electron chi connectivity index (χ4n) is 4.11. The van der Waals surface area contributed by atoms with Crippen LogP contribution in [0.1, 0.15) is 24.0 Å². The number of rotatable bonds is 7. The van der Waals surface area contributed by atoms with Gasteiger partial charge in [0, 0.05) is 29.2 Å². The molecule has 1 heterocycles. The second-order valence-electron chi connectivity index (χ2n) is 8.60. The van der Waals surface area contributed by atoms with Crippen molar-refractivity contribution in [2.45, 2.75) is 19.4 Å². The zero-order valence-corrected chi connectivity index (χ0v) is 19.7. The number of anilines is 1. The second-order valence-corrected chi connectivity index (χ2v) is 9.04. The first kappa shape index (κ1) is 23.7. The van der Waals surface area contributed by atoms with E-state index in [1.807, 2.05) is 60.7 Å². The van der Waals surface area contributed by atoms with Gasteiger partial charge in [-0.15, -0.1) is 0 Å². The van der Waals surface area contributed by atoms with Gasteiger partial charge in [0.25, 0.3) is 0 Å². The number of likely N-dealkylation sites (tertiary alicyclic amines) is 1. The lowest BCUT2D eigenvalue weighted by molar-refractivity contribution is -0.123. The third kappa shape index (κ3) is 6.56. The zero-order chi connectivity index (χ0) is 23.9. The summed E-state index contributed by atoms with van der Waals surface area (Å²) < 4.78 is 0. The van der Waals surface area contributed by atoms with Crippen LogP contribution in [-0.2, 0) is 16.1 Å². The number of hydrogen-bond donors (Lipinski definition) is 2. The maximum Gasteiger partial charge on any atom is 0.248 e. The Morgan fingerprint density at radius 3 is 2.09 bits per heavy atom. The number of nitrogens with zero attached hydrogens (tertiary/aromatic N) is 1. The third-order valence-corrected chi connectivity index (χ3v) is 6.38. The van der Waals surface area contributed by atoms with E-state index < -0.39 is 0 Å². The minimum Gasteiger partial charge on any atom is -0.369 e. The summed E-state index contributed by atoms with van der Waals surface area (Å²) in [5.74, 6) is -0.355. The normalized spacial score (nSPS) is 14.9.